The molecule has 1 atom stereocenters. The van der Waals surface area contributed by atoms with Gasteiger partial charge in [0.2, 0.25) is 10.0 Å². The highest BCUT2D eigenvalue weighted by molar-refractivity contribution is 7.88. The highest BCUT2D eigenvalue weighted by Gasteiger charge is 2.28. The first kappa shape index (κ1) is 22.0. The minimum Gasteiger partial charge on any atom is -0.497 e. The van der Waals surface area contributed by atoms with E-state index >= 15 is 0 Å². The van der Waals surface area contributed by atoms with Crippen molar-refractivity contribution in [3.8, 4) is 22.7 Å². The van der Waals surface area contributed by atoms with Crippen LogP contribution in [0.4, 0.5) is 0 Å². The molecule has 0 radical (unpaired) electrons. The molecular weight excluding hydrogens is 428 g/mol. The van der Waals surface area contributed by atoms with E-state index in [1.807, 2.05) is 54.6 Å². The molecule has 1 saturated heterocycles. The smallest absolute Gasteiger partial charge is 0.255 e. The van der Waals surface area contributed by atoms with E-state index in [1.165, 1.54) is 10.6 Å². The lowest BCUT2D eigenvalue weighted by atomic mass is 10.0. The Bertz CT molecular complexity index is 1210. The molecule has 0 spiro atoms. The van der Waals surface area contributed by atoms with E-state index in [0.29, 0.717) is 30.0 Å². The number of methoxy groups -OCH3 is 1. The molecule has 1 aliphatic heterocycles. The number of ether oxygens (including phenoxy) is 1. The van der Waals surface area contributed by atoms with Crippen LogP contribution in [0.3, 0.4) is 0 Å². The number of para-hydroxylation sites is 1. The maximum Gasteiger partial charge on any atom is 0.255 e. The van der Waals surface area contributed by atoms with Crippen molar-refractivity contribution in [1.82, 2.24) is 19.4 Å². The van der Waals surface area contributed by atoms with Gasteiger partial charge in [-0.3, -0.25) is 4.79 Å². The summed E-state index contributed by atoms with van der Waals surface area (Å²) < 4.78 is 32.3. The van der Waals surface area contributed by atoms with E-state index in [9.17, 15) is 13.2 Å². The molecule has 1 aliphatic rings. The number of aromatic nitrogens is 2. The molecule has 2 heterocycles. The average Bonchev–Trinajstić information content (AvgIpc) is 3.25. The Morgan fingerprint density at radius 1 is 1.16 bits per heavy atom. The average molecular weight is 455 g/mol. The van der Waals surface area contributed by atoms with Crippen LogP contribution in [0.1, 0.15) is 23.2 Å². The lowest BCUT2D eigenvalue weighted by molar-refractivity contribution is 0.0922. The van der Waals surface area contributed by atoms with Crippen LogP contribution in [0.2, 0.25) is 0 Å². The van der Waals surface area contributed by atoms with Crippen LogP contribution in [0.5, 0.6) is 5.75 Å². The van der Waals surface area contributed by atoms with E-state index in [1.54, 1.807) is 18.0 Å². The number of carbonyl (C=O) groups is 1. The molecule has 1 aromatic heterocycles. The van der Waals surface area contributed by atoms with Crippen molar-refractivity contribution in [1.29, 1.82) is 0 Å². The van der Waals surface area contributed by atoms with Gasteiger partial charge in [0.25, 0.3) is 5.91 Å². The lowest BCUT2D eigenvalue weighted by Crippen LogP contribution is -2.49. The fourth-order valence-electron chi connectivity index (χ4n) is 3.86. The molecule has 32 heavy (non-hydrogen) atoms. The van der Waals surface area contributed by atoms with Crippen molar-refractivity contribution in [2.24, 2.45) is 0 Å². The Balaban J connectivity index is 1.67. The molecule has 0 bridgehead atoms. The van der Waals surface area contributed by atoms with Gasteiger partial charge in [-0.05, 0) is 37.1 Å². The second-order valence-corrected chi connectivity index (χ2v) is 9.82. The van der Waals surface area contributed by atoms with Crippen molar-refractivity contribution in [2.45, 2.75) is 18.9 Å². The normalized spacial score (nSPS) is 17.1. The molecule has 0 saturated carbocycles. The Kier molecular flexibility index (Phi) is 6.29. The molecule has 168 valence electrons. The SMILES string of the molecule is COc1cccc(-c2nn(-c3ccccc3)cc2C(=O)NC2CCCN(S(C)(=O)=O)C2)c1. The van der Waals surface area contributed by atoms with Crippen LogP contribution in [0.15, 0.2) is 60.8 Å². The van der Waals surface area contributed by atoms with E-state index in [2.05, 4.69) is 10.4 Å². The van der Waals surface area contributed by atoms with Crippen molar-refractivity contribution in [3.63, 3.8) is 0 Å². The molecule has 3 aromatic rings. The van der Waals surface area contributed by atoms with E-state index in [0.717, 1.165) is 17.7 Å². The summed E-state index contributed by atoms with van der Waals surface area (Å²) >= 11 is 0. The molecule has 4 rings (SSSR count). The highest BCUT2D eigenvalue weighted by Crippen LogP contribution is 2.27. The maximum absolute atomic E-state index is 13.3. The van der Waals surface area contributed by atoms with Crippen LogP contribution in [-0.2, 0) is 10.0 Å². The van der Waals surface area contributed by atoms with Gasteiger partial charge in [-0.15, -0.1) is 0 Å². The summed E-state index contributed by atoms with van der Waals surface area (Å²) in [5, 5.41) is 7.70. The standard InChI is InChI=1S/C23H26N4O4S/c1-31-20-12-6-8-17(14-20)22-21(16-27(25-22)19-10-4-3-5-11-19)23(28)24-18-9-7-13-26(15-18)32(2,29)30/h3-6,8,10-12,14,16,18H,7,9,13,15H2,1-2H3,(H,24,28). The van der Waals surface area contributed by atoms with Gasteiger partial charge in [0.05, 0.1) is 24.6 Å². The van der Waals surface area contributed by atoms with Crippen LogP contribution < -0.4 is 10.1 Å². The molecule has 1 fully saturated rings. The molecule has 1 N–H and O–H groups in total. The zero-order chi connectivity index (χ0) is 22.7. The monoisotopic (exact) mass is 454 g/mol. The summed E-state index contributed by atoms with van der Waals surface area (Å²) in [4.78, 5) is 13.3. The summed E-state index contributed by atoms with van der Waals surface area (Å²) in [6.07, 6.45) is 4.32. The van der Waals surface area contributed by atoms with Gasteiger partial charge in [-0.25, -0.2) is 17.4 Å². The Morgan fingerprint density at radius 2 is 1.94 bits per heavy atom. The Hall–Kier alpha value is -3.17. The molecule has 1 unspecified atom stereocenters. The van der Waals surface area contributed by atoms with Gasteiger partial charge >= 0.3 is 0 Å². The third-order valence-electron chi connectivity index (χ3n) is 5.51. The number of hydrogen-bond acceptors (Lipinski definition) is 5. The minimum absolute atomic E-state index is 0.260. The van der Waals surface area contributed by atoms with Crippen LogP contribution >= 0.6 is 0 Å². The van der Waals surface area contributed by atoms with Gasteiger partial charge in [-0.2, -0.15) is 5.10 Å². The molecule has 2 aromatic carbocycles. The van der Waals surface area contributed by atoms with Crippen molar-refractivity contribution in [2.75, 3.05) is 26.5 Å². The number of nitrogens with one attached hydrogen (secondary N) is 1. The van der Waals surface area contributed by atoms with Gasteiger partial charge in [0.1, 0.15) is 11.4 Å². The first-order chi connectivity index (χ1) is 15.3. The number of amides is 1. The summed E-state index contributed by atoms with van der Waals surface area (Å²) in [5.74, 6) is 0.379. The zero-order valence-electron chi connectivity index (χ0n) is 18.1. The van der Waals surface area contributed by atoms with Gasteiger partial charge < -0.3 is 10.1 Å². The summed E-state index contributed by atoms with van der Waals surface area (Å²) in [6, 6.07) is 16.7. The lowest BCUT2D eigenvalue weighted by Gasteiger charge is -2.31. The van der Waals surface area contributed by atoms with E-state index in [4.69, 9.17) is 4.74 Å². The fraction of sp³-hybridized carbons (Fsp3) is 0.304. The topological polar surface area (TPSA) is 93.5 Å². The third-order valence-corrected chi connectivity index (χ3v) is 6.78. The first-order valence-electron chi connectivity index (χ1n) is 10.4. The van der Waals surface area contributed by atoms with Crippen LogP contribution in [0, 0.1) is 0 Å². The maximum atomic E-state index is 13.3. The quantitative estimate of drug-likeness (QED) is 0.618. The Morgan fingerprint density at radius 3 is 2.66 bits per heavy atom. The first-order valence-corrected chi connectivity index (χ1v) is 12.3. The van der Waals surface area contributed by atoms with Crippen LogP contribution in [-0.4, -0.2) is 60.9 Å². The number of rotatable bonds is 6. The number of hydrogen-bond donors (Lipinski definition) is 1. The van der Waals surface area contributed by atoms with Crippen LogP contribution in [0.25, 0.3) is 16.9 Å². The minimum atomic E-state index is -3.30. The van der Waals surface area contributed by atoms with Crippen molar-refractivity contribution in [3.05, 3.63) is 66.4 Å². The van der Waals surface area contributed by atoms with Gasteiger partial charge in [-0.1, -0.05) is 30.3 Å². The van der Waals surface area contributed by atoms with Crippen molar-refractivity contribution >= 4 is 15.9 Å². The largest absolute Gasteiger partial charge is 0.497 e. The number of benzene rings is 2. The molecule has 9 heteroatoms. The summed E-state index contributed by atoms with van der Waals surface area (Å²) in [5.41, 5.74) is 2.53. The second kappa shape index (κ2) is 9.13. The van der Waals surface area contributed by atoms with E-state index in [-0.39, 0.29) is 18.5 Å². The summed E-state index contributed by atoms with van der Waals surface area (Å²) in [7, 11) is -1.71. The zero-order valence-corrected chi connectivity index (χ0v) is 18.9. The fourth-order valence-corrected chi connectivity index (χ4v) is 4.77. The number of nitrogens with zero attached hydrogens (tertiary/aromatic N) is 3. The van der Waals surface area contributed by atoms with E-state index < -0.39 is 10.0 Å². The van der Waals surface area contributed by atoms with Gasteiger partial charge in [0.15, 0.2) is 0 Å². The number of carbonyl (C=O) groups excluding carboxylic acids is 1. The molecular formula is C23H26N4O4S. The number of piperidine rings is 1. The van der Waals surface area contributed by atoms with Gasteiger partial charge in [0, 0.05) is 30.9 Å². The molecule has 1 amide bonds. The third kappa shape index (κ3) is 4.84. The van der Waals surface area contributed by atoms with Crippen molar-refractivity contribution < 1.29 is 17.9 Å². The molecule has 0 aliphatic carbocycles. The highest BCUT2D eigenvalue weighted by atomic mass is 32.2. The number of sulfonamides is 1. The molecule has 8 nitrogen and oxygen atoms in total. The summed E-state index contributed by atoms with van der Waals surface area (Å²) in [6.45, 7) is 0.748. The second-order valence-electron chi connectivity index (χ2n) is 7.84. The predicted molar refractivity (Wildman–Crippen MR) is 122 cm³/mol. The Labute approximate surface area is 187 Å². The predicted octanol–water partition coefficient (Wildman–Crippen LogP) is 2.70.